The van der Waals surface area contributed by atoms with Crippen LogP contribution in [0.3, 0.4) is 0 Å². The number of benzene rings is 2. The van der Waals surface area contributed by atoms with Crippen LogP contribution in [-0.4, -0.2) is 44.6 Å². The summed E-state index contributed by atoms with van der Waals surface area (Å²) in [6.45, 7) is 0. The molecule has 0 amide bonds. The van der Waals surface area contributed by atoms with Crippen LogP contribution in [0.25, 0.3) is 54.1 Å². The minimum atomic E-state index is 0.705. The number of rotatable bonds is 4. The minimum Gasteiger partial charge on any atom is -0.243 e. The van der Waals surface area contributed by atoms with Gasteiger partial charge in [-0.2, -0.15) is 19.2 Å². The molecule has 0 aliphatic carbocycles. The highest BCUT2D eigenvalue weighted by atomic mass is 127. The Balaban J connectivity index is 1.26. The average Bonchev–Trinajstić information content (AvgIpc) is 3.66. The Kier molecular flexibility index (Phi) is 5.51. The monoisotopic (exact) mass is 731 g/mol. The van der Waals surface area contributed by atoms with E-state index in [1.807, 2.05) is 66.7 Å². The van der Waals surface area contributed by atoms with E-state index < -0.39 is 0 Å². The van der Waals surface area contributed by atoms with E-state index in [0.717, 1.165) is 39.7 Å². The molecule has 0 radical (unpaired) electrons. The van der Waals surface area contributed by atoms with Crippen molar-refractivity contribution in [3.8, 4) is 44.2 Å². The molecule has 9 nitrogen and oxygen atoms in total. The van der Waals surface area contributed by atoms with Gasteiger partial charge in [-0.1, -0.05) is 53.0 Å². The molecule has 5 aromatic heterocycles. The molecule has 2 aromatic carbocycles. The van der Waals surface area contributed by atoms with Gasteiger partial charge in [0.1, 0.15) is 11.4 Å². The predicted molar refractivity (Wildman–Crippen MR) is 156 cm³/mol. The number of hydrogen-bond acceptors (Lipinski definition) is 9. The van der Waals surface area contributed by atoms with E-state index in [-0.39, 0.29) is 0 Å². The van der Waals surface area contributed by atoms with Crippen LogP contribution in [0.5, 0.6) is 0 Å². The maximum absolute atomic E-state index is 4.86. The van der Waals surface area contributed by atoms with E-state index in [9.17, 15) is 0 Å². The van der Waals surface area contributed by atoms with Crippen LogP contribution in [-0.2, 0) is 0 Å². The molecule has 0 N–H and O–H groups in total. The third kappa shape index (κ3) is 3.89. The lowest BCUT2D eigenvalue weighted by Gasteiger charge is -2.00. The molecule has 13 heteroatoms. The summed E-state index contributed by atoms with van der Waals surface area (Å²) in [4.78, 5) is 6.29. The van der Waals surface area contributed by atoms with Gasteiger partial charge in [-0.15, -0.1) is 20.4 Å². The summed E-state index contributed by atoms with van der Waals surface area (Å²) in [7, 11) is 0. The van der Waals surface area contributed by atoms with Crippen molar-refractivity contribution in [3.05, 3.63) is 73.9 Å². The van der Waals surface area contributed by atoms with Gasteiger partial charge in [0, 0.05) is 18.3 Å². The molecule has 0 aliphatic rings. The van der Waals surface area contributed by atoms with E-state index in [4.69, 9.17) is 15.2 Å². The number of hydrogen-bond donors (Lipinski definition) is 0. The van der Waals surface area contributed by atoms with Gasteiger partial charge in [-0.05, 0) is 81.6 Å². The quantitative estimate of drug-likeness (QED) is 0.206. The number of fused-ring (bicyclic) bond motifs is 2. The largest absolute Gasteiger partial charge is 0.243 e. The van der Waals surface area contributed by atoms with E-state index in [2.05, 4.69) is 65.6 Å². The molecule has 0 unspecified atom stereocenters. The maximum atomic E-state index is 4.86. The van der Waals surface area contributed by atoms with E-state index in [1.54, 1.807) is 9.03 Å². The first-order chi connectivity index (χ1) is 17.6. The van der Waals surface area contributed by atoms with Crippen molar-refractivity contribution in [3.63, 3.8) is 0 Å². The zero-order chi connectivity index (χ0) is 24.2. The highest BCUT2D eigenvalue weighted by Crippen LogP contribution is 2.31. The Morgan fingerprint density at radius 1 is 0.556 bits per heavy atom. The van der Waals surface area contributed by atoms with Gasteiger partial charge in [0.05, 0.1) is 0 Å². The van der Waals surface area contributed by atoms with Gasteiger partial charge >= 0.3 is 0 Å². The Morgan fingerprint density at radius 2 is 1.00 bits per heavy atom. The molecule has 174 valence electrons. The van der Waals surface area contributed by atoms with Gasteiger partial charge in [-0.3, -0.25) is 0 Å². The average molecular weight is 731 g/mol. The van der Waals surface area contributed by atoms with Crippen LogP contribution in [0.4, 0.5) is 0 Å². The topological polar surface area (TPSA) is 99.0 Å². The first kappa shape index (κ1) is 22.3. The van der Waals surface area contributed by atoms with Crippen LogP contribution in [0.15, 0.2) is 66.7 Å². The van der Waals surface area contributed by atoms with Crippen molar-refractivity contribution < 1.29 is 0 Å². The SMILES string of the molecule is Ic1ccc(-c2nnc3sc(-c4cccc(-c5nn6c(-c7ccc(I)cc7)nnc6s5)n4)nn23)cc1. The zero-order valence-corrected chi connectivity index (χ0v) is 23.9. The van der Waals surface area contributed by atoms with E-state index in [0.29, 0.717) is 21.6 Å². The van der Waals surface area contributed by atoms with Crippen molar-refractivity contribution in [2.24, 2.45) is 0 Å². The second kappa shape index (κ2) is 8.89. The lowest BCUT2D eigenvalue weighted by molar-refractivity contribution is 0.962. The van der Waals surface area contributed by atoms with Crippen LogP contribution >= 0.6 is 67.9 Å². The molecule has 0 aliphatic heterocycles. The van der Waals surface area contributed by atoms with Crippen LogP contribution in [0, 0.1) is 7.14 Å². The molecule has 0 fully saturated rings. The molecule has 0 bridgehead atoms. The molecule has 0 spiro atoms. The highest BCUT2D eigenvalue weighted by Gasteiger charge is 2.18. The standard InChI is InChI=1S/C23H11I2N9S2/c24-14-8-4-12(5-9-14)18-27-29-22-33(18)31-20(35-22)16-2-1-3-17(26-16)21-32-34-19(28-30-23(34)36-21)13-6-10-15(25)11-7-13/h1-11H. The smallest absolute Gasteiger partial charge is 0.235 e. The van der Waals surface area contributed by atoms with Gasteiger partial charge in [0.25, 0.3) is 0 Å². The molecule has 7 rings (SSSR count). The Bertz CT molecular complexity index is 1730. The van der Waals surface area contributed by atoms with Crippen LogP contribution in [0.2, 0.25) is 0 Å². The fourth-order valence-corrected chi connectivity index (χ4v) is 6.01. The first-order valence-electron chi connectivity index (χ1n) is 10.6. The fourth-order valence-electron chi connectivity index (χ4n) is 3.67. The summed E-state index contributed by atoms with van der Waals surface area (Å²) in [5, 5.41) is 28.4. The predicted octanol–water partition coefficient (Wildman–Crippen LogP) is 5.96. The number of halogens is 2. The fraction of sp³-hybridized carbons (Fsp3) is 0. The molecule has 7 aromatic rings. The second-order valence-corrected chi connectivity index (χ2v) is 12.1. The summed E-state index contributed by atoms with van der Waals surface area (Å²) in [5.74, 6) is 1.41. The molecule has 0 saturated heterocycles. The zero-order valence-electron chi connectivity index (χ0n) is 17.9. The van der Waals surface area contributed by atoms with Gasteiger partial charge < -0.3 is 0 Å². The summed E-state index contributed by atoms with van der Waals surface area (Å²) >= 11 is 7.47. The van der Waals surface area contributed by atoms with Crippen molar-refractivity contribution in [2.45, 2.75) is 0 Å². The molecule has 5 heterocycles. The summed E-state index contributed by atoms with van der Waals surface area (Å²) < 4.78 is 5.86. The minimum absolute atomic E-state index is 0.705. The molecule has 36 heavy (non-hydrogen) atoms. The van der Waals surface area contributed by atoms with Gasteiger partial charge in [-0.25, -0.2) is 4.98 Å². The van der Waals surface area contributed by atoms with Crippen LogP contribution < -0.4 is 0 Å². The number of pyridine rings is 1. The maximum Gasteiger partial charge on any atom is 0.235 e. The van der Waals surface area contributed by atoms with E-state index in [1.165, 1.54) is 22.7 Å². The molecular weight excluding hydrogens is 720 g/mol. The van der Waals surface area contributed by atoms with Gasteiger partial charge in [0.2, 0.25) is 9.92 Å². The van der Waals surface area contributed by atoms with Gasteiger partial charge in [0.15, 0.2) is 21.7 Å². The summed E-state index contributed by atoms with van der Waals surface area (Å²) in [5.41, 5.74) is 3.43. The Labute approximate surface area is 238 Å². The van der Waals surface area contributed by atoms with E-state index >= 15 is 0 Å². The normalized spacial score (nSPS) is 11.6. The Morgan fingerprint density at radius 3 is 1.44 bits per heavy atom. The molecule has 0 atom stereocenters. The van der Waals surface area contributed by atoms with Crippen molar-refractivity contribution >= 4 is 77.8 Å². The Hall–Kier alpha value is -2.89. The van der Waals surface area contributed by atoms with Crippen molar-refractivity contribution in [1.82, 2.24) is 44.6 Å². The first-order valence-corrected chi connectivity index (χ1v) is 14.4. The number of nitrogens with zero attached hydrogens (tertiary/aromatic N) is 9. The second-order valence-electron chi connectivity index (χ2n) is 7.67. The van der Waals surface area contributed by atoms with Crippen LogP contribution in [0.1, 0.15) is 0 Å². The lowest BCUT2D eigenvalue weighted by Crippen LogP contribution is -1.94. The highest BCUT2D eigenvalue weighted by molar-refractivity contribution is 14.1. The lowest BCUT2D eigenvalue weighted by atomic mass is 10.2. The third-order valence-corrected chi connectivity index (χ3v) is 8.65. The summed E-state index contributed by atoms with van der Waals surface area (Å²) in [6, 6.07) is 22.1. The number of aromatic nitrogens is 9. The summed E-state index contributed by atoms with van der Waals surface area (Å²) in [6.07, 6.45) is 0. The molecular formula is C23H11I2N9S2. The van der Waals surface area contributed by atoms with Crippen molar-refractivity contribution in [1.29, 1.82) is 0 Å². The third-order valence-electron chi connectivity index (χ3n) is 5.37. The molecule has 0 saturated carbocycles. The van der Waals surface area contributed by atoms with Crippen molar-refractivity contribution in [2.75, 3.05) is 0 Å².